The lowest BCUT2D eigenvalue weighted by molar-refractivity contribution is 0.440. The highest BCUT2D eigenvalue weighted by molar-refractivity contribution is 5.68. The van der Waals surface area contributed by atoms with E-state index in [0.29, 0.717) is 11.6 Å². The molecule has 98 valence electrons. The van der Waals surface area contributed by atoms with Crippen LogP contribution in [0, 0.1) is 17.2 Å². The molecule has 1 aromatic rings. The lowest BCUT2D eigenvalue weighted by Gasteiger charge is -2.33. The molecule has 1 aliphatic rings. The number of nitrogens with two attached hydrogens (primary N) is 1. The van der Waals surface area contributed by atoms with Gasteiger partial charge in [-0.3, -0.25) is 0 Å². The second-order valence-electron chi connectivity index (χ2n) is 5.27. The molecule has 4 heteroatoms. The van der Waals surface area contributed by atoms with Gasteiger partial charge in [-0.2, -0.15) is 5.26 Å². The van der Waals surface area contributed by atoms with Crippen LogP contribution in [0.5, 0.6) is 0 Å². The summed E-state index contributed by atoms with van der Waals surface area (Å²) in [6.45, 7) is 7.36. The molecule has 2 N–H and O–H groups in total. The van der Waals surface area contributed by atoms with Crippen molar-refractivity contribution in [2.45, 2.75) is 39.7 Å². The van der Waals surface area contributed by atoms with Crippen molar-refractivity contribution < 1.29 is 0 Å². The second kappa shape index (κ2) is 5.34. The molecule has 0 radical (unpaired) electrons. The Morgan fingerprint density at radius 3 is 2.94 bits per heavy atom. The topological polar surface area (TPSA) is 58.0 Å². The molecule has 0 saturated carbocycles. The van der Waals surface area contributed by atoms with Gasteiger partial charge < -0.3 is 15.2 Å². The van der Waals surface area contributed by atoms with Crippen LogP contribution in [-0.2, 0) is 6.54 Å². The molecule has 1 atom stereocenters. The highest BCUT2D eigenvalue weighted by atomic mass is 15.3. The molecule has 1 aromatic heterocycles. The van der Waals surface area contributed by atoms with Crippen molar-refractivity contribution in [3.8, 4) is 6.07 Å². The Balaban J connectivity index is 2.36. The number of anilines is 2. The molecule has 18 heavy (non-hydrogen) atoms. The number of rotatable bonds is 3. The van der Waals surface area contributed by atoms with Crippen LogP contribution in [0.25, 0.3) is 0 Å². The Kier molecular flexibility index (Phi) is 3.81. The van der Waals surface area contributed by atoms with E-state index in [4.69, 9.17) is 5.73 Å². The highest BCUT2D eigenvalue weighted by Crippen LogP contribution is 2.31. The summed E-state index contributed by atoms with van der Waals surface area (Å²) in [6.07, 6.45) is 3.51. The molecule has 2 rings (SSSR count). The Morgan fingerprint density at radius 1 is 1.56 bits per heavy atom. The Bertz CT molecular complexity index is 455. The molecule has 0 bridgehead atoms. The van der Waals surface area contributed by atoms with E-state index < -0.39 is 0 Å². The molecule has 2 heterocycles. The van der Waals surface area contributed by atoms with Gasteiger partial charge in [0.25, 0.3) is 0 Å². The molecule has 1 saturated heterocycles. The zero-order valence-electron chi connectivity index (χ0n) is 11.3. The zero-order valence-corrected chi connectivity index (χ0v) is 11.3. The van der Waals surface area contributed by atoms with Crippen LogP contribution in [-0.4, -0.2) is 17.7 Å². The van der Waals surface area contributed by atoms with Gasteiger partial charge in [0, 0.05) is 19.6 Å². The van der Waals surface area contributed by atoms with Crippen LogP contribution in [0.4, 0.5) is 11.5 Å². The average molecular weight is 246 g/mol. The number of hydrogen-bond donors (Lipinski definition) is 1. The van der Waals surface area contributed by atoms with E-state index in [1.165, 1.54) is 12.8 Å². The molecule has 1 fully saturated rings. The van der Waals surface area contributed by atoms with E-state index in [-0.39, 0.29) is 0 Å². The molecule has 0 unspecified atom stereocenters. The van der Waals surface area contributed by atoms with Gasteiger partial charge in [-0.15, -0.1) is 0 Å². The monoisotopic (exact) mass is 246 g/mol. The molecular formula is C14H22N4. The van der Waals surface area contributed by atoms with Gasteiger partial charge in [-0.05, 0) is 31.2 Å². The summed E-state index contributed by atoms with van der Waals surface area (Å²) in [7, 11) is 0. The number of piperidine rings is 1. The summed E-state index contributed by atoms with van der Waals surface area (Å²) < 4.78 is 2.08. The zero-order chi connectivity index (χ0) is 13.1. The fourth-order valence-electron chi connectivity index (χ4n) is 2.84. The smallest absolute Gasteiger partial charge is 0.133 e. The van der Waals surface area contributed by atoms with Crippen molar-refractivity contribution in [2.75, 3.05) is 23.7 Å². The quantitative estimate of drug-likeness (QED) is 0.891. The Morgan fingerprint density at radius 2 is 2.33 bits per heavy atom. The molecule has 0 spiro atoms. The Hall–Kier alpha value is -1.63. The maximum Gasteiger partial charge on any atom is 0.133 e. The number of nitrogen functional groups attached to an aromatic ring is 1. The largest absolute Gasteiger partial charge is 0.396 e. The van der Waals surface area contributed by atoms with Crippen LogP contribution in [0.15, 0.2) is 6.07 Å². The van der Waals surface area contributed by atoms with E-state index in [2.05, 4.69) is 29.4 Å². The summed E-state index contributed by atoms with van der Waals surface area (Å²) in [4.78, 5) is 2.35. The molecule has 0 aromatic carbocycles. The predicted molar refractivity (Wildman–Crippen MR) is 74.5 cm³/mol. The first-order valence-electron chi connectivity index (χ1n) is 6.81. The normalized spacial score (nSPS) is 19.8. The van der Waals surface area contributed by atoms with Crippen LogP contribution in [0.1, 0.15) is 38.8 Å². The third kappa shape index (κ3) is 2.31. The van der Waals surface area contributed by atoms with Gasteiger partial charge in [0.15, 0.2) is 0 Å². The van der Waals surface area contributed by atoms with Gasteiger partial charge >= 0.3 is 0 Å². The standard InChI is InChI=1S/C14H22N4/c1-3-6-18-12(9-15)8-13(16)14(18)17-7-4-5-11(2)10-17/h8,11H,3-7,10,16H2,1-2H3/t11-/m1/s1. The van der Waals surface area contributed by atoms with Gasteiger partial charge in [-0.1, -0.05) is 13.8 Å². The fourth-order valence-corrected chi connectivity index (χ4v) is 2.84. The number of aromatic nitrogens is 1. The minimum absolute atomic E-state index is 0.683. The van der Waals surface area contributed by atoms with E-state index in [9.17, 15) is 5.26 Å². The van der Waals surface area contributed by atoms with Crippen LogP contribution in [0.2, 0.25) is 0 Å². The van der Waals surface area contributed by atoms with Gasteiger partial charge in [0.2, 0.25) is 0 Å². The SMILES string of the molecule is CCCn1c(C#N)cc(N)c1N1CCC[C@@H](C)C1. The minimum atomic E-state index is 0.683. The summed E-state index contributed by atoms with van der Waals surface area (Å²) in [5, 5.41) is 9.19. The summed E-state index contributed by atoms with van der Waals surface area (Å²) >= 11 is 0. The number of nitriles is 1. The van der Waals surface area contributed by atoms with Gasteiger partial charge in [0.05, 0.1) is 5.69 Å². The molecule has 0 aliphatic carbocycles. The number of nitrogens with zero attached hydrogens (tertiary/aromatic N) is 3. The average Bonchev–Trinajstić information content (AvgIpc) is 2.66. The maximum absolute atomic E-state index is 9.19. The fraction of sp³-hybridized carbons (Fsp3) is 0.643. The van der Waals surface area contributed by atoms with Crippen molar-refractivity contribution in [3.05, 3.63) is 11.8 Å². The van der Waals surface area contributed by atoms with Gasteiger partial charge in [0.1, 0.15) is 17.6 Å². The summed E-state index contributed by atoms with van der Waals surface area (Å²) in [5.41, 5.74) is 7.54. The van der Waals surface area contributed by atoms with E-state index in [0.717, 1.165) is 37.6 Å². The van der Waals surface area contributed by atoms with Crippen LogP contribution >= 0.6 is 0 Å². The van der Waals surface area contributed by atoms with Crippen molar-refractivity contribution in [1.29, 1.82) is 5.26 Å². The highest BCUT2D eigenvalue weighted by Gasteiger charge is 2.23. The summed E-state index contributed by atoms with van der Waals surface area (Å²) in [6, 6.07) is 4.06. The summed E-state index contributed by atoms with van der Waals surface area (Å²) in [5.74, 6) is 1.76. The minimum Gasteiger partial charge on any atom is -0.396 e. The molecule has 4 nitrogen and oxygen atoms in total. The lowest BCUT2D eigenvalue weighted by atomic mass is 10.0. The van der Waals surface area contributed by atoms with Crippen molar-refractivity contribution in [2.24, 2.45) is 5.92 Å². The number of hydrogen-bond acceptors (Lipinski definition) is 3. The van der Waals surface area contributed by atoms with E-state index in [1.807, 2.05) is 6.07 Å². The van der Waals surface area contributed by atoms with Crippen molar-refractivity contribution in [1.82, 2.24) is 4.57 Å². The first-order chi connectivity index (χ1) is 8.67. The van der Waals surface area contributed by atoms with Crippen molar-refractivity contribution >= 4 is 11.5 Å². The maximum atomic E-state index is 9.19. The third-order valence-electron chi connectivity index (χ3n) is 3.62. The van der Waals surface area contributed by atoms with E-state index >= 15 is 0 Å². The van der Waals surface area contributed by atoms with E-state index in [1.54, 1.807) is 0 Å². The Labute approximate surface area is 109 Å². The lowest BCUT2D eigenvalue weighted by Crippen LogP contribution is -2.36. The first-order valence-corrected chi connectivity index (χ1v) is 6.81. The predicted octanol–water partition coefficient (Wildman–Crippen LogP) is 2.59. The first kappa shape index (κ1) is 12.8. The molecule has 0 amide bonds. The second-order valence-corrected chi connectivity index (χ2v) is 5.27. The van der Waals surface area contributed by atoms with Crippen molar-refractivity contribution in [3.63, 3.8) is 0 Å². The van der Waals surface area contributed by atoms with Crippen LogP contribution in [0.3, 0.4) is 0 Å². The molecule has 1 aliphatic heterocycles. The molecular weight excluding hydrogens is 224 g/mol. The van der Waals surface area contributed by atoms with Gasteiger partial charge in [-0.25, -0.2) is 0 Å². The van der Waals surface area contributed by atoms with Crippen LogP contribution < -0.4 is 10.6 Å². The third-order valence-corrected chi connectivity index (χ3v) is 3.62.